The number of carboxylic acids is 1. The number of aromatic hydroxyl groups is 1. The van der Waals surface area contributed by atoms with E-state index in [1.807, 2.05) is 19.1 Å². The van der Waals surface area contributed by atoms with E-state index in [9.17, 15) is 15.0 Å². The molecule has 0 radical (unpaired) electrons. The Morgan fingerprint density at radius 1 is 1.45 bits per heavy atom. The quantitative estimate of drug-likeness (QED) is 0.869. The number of phenols is 1. The lowest BCUT2D eigenvalue weighted by Crippen LogP contribution is -2.47. The van der Waals surface area contributed by atoms with Gasteiger partial charge < -0.3 is 10.2 Å². The van der Waals surface area contributed by atoms with Crippen LogP contribution in [0.3, 0.4) is 0 Å². The summed E-state index contributed by atoms with van der Waals surface area (Å²) in [4.78, 5) is 13.8. The average molecular weight is 277 g/mol. The van der Waals surface area contributed by atoms with Crippen molar-refractivity contribution >= 4 is 5.97 Å². The second kappa shape index (κ2) is 6.27. The molecular weight excluding hydrogens is 254 g/mol. The Labute approximate surface area is 120 Å². The minimum Gasteiger partial charge on any atom is -0.508 e. The zero-order valence-electron chi connectivity index (χ0n) is 12.0. The number of phenolic OH excluding ortho intramolecular Hbond substituents is 1. The fourth-order valence-electron chi connectivity index (χ4n) is 3.24. The largest absolute Gasteiger partial charge is 0.508 e. The maximum atomic E-state index is 11.7. The van der Waals surface area contributed by atoms with Crippen LogP contribution in [0.1, 0.15) is 38.2 Å². The van der Waals surface area contributed by atoms with Crippen molar-refractivity contribution in [2.45, 2.75) is 39.2 Å². The molecule has 1 heterocycles. The van der Waals surface area contributed by atoms with Gasteiger partial charge in [0.1, 0.15) is 5.75 Å². The molecule has 0 amide bonds. The Kier molecular flexibility index (Phi) is 4.65. The minimum absolute atomic E-state index is 0.262. The zero-order chi connectivity index (χ0) is 14.6. The molecule has 0 unspecified atom stereocenters. The van der Waals surface area contributed by atoms with Crippen LogP contribution in [0.15, 0.2) is 24.3 Å². The molecule has 4 heteroatoms. The molecule has 0 bridgehead atoms. The van der Waals surface area contributed by atoms with Gasteiger partial charge in [0.15, 0.2) is 0 Å². The van der Waals surface area contributed by atoms with Crippen LogP contribution in [0.4, 0.5) is 0 Å². The number of carboxylic acid groups (broad SMARTS) is 1. The van der Waals surface area contributed by atoms with Crippen LogP contribution in [0.5, 0.6) is 5.75 Å². The highest BCUT2D eigenvalue weighted by Crippen LogP contribution is 2.35. The fraction of sp³-hybridized carbons (Fsp3) is 0.562. The van der Waals surface area contributed by atoms with Crippen LogP contribution >= 0.6 is 0 Å². The summed E-state index contributed by atoms with van der Waals surface area (Å²) >= 11 is 0. The third kappa shape index (κ3) is 3.31. The first kappa shape index (κ1) is 14.9. The maximum Gasteiger partial charge on any atom is 0.310 e. The SMILES string of the molecule is CCC[C@]1(C(=O)O)CCCN(Cc2cccc(O)c2)C1. The highest BCUT2D eigenvalue weighted by molar-refractivity contribution is 5.75. The molecule has 110 valence electrons. The Balaban J connectivity index is 2.08. The number of aliphatic carboxylic acids is 1. The summed E-state index contributed by atoms with van der Waals surface area (Å²) < 4.78 is 0. The van der Waals surface area contributed by atoms with Gasteiger partial charge in [0.2, 0.25) is 0 Å². The van der Waals surface area contributed by atoms with Gasteiger partial charge >= 0.3 is 5.97 Å². The standard InChI is InChI=1S/C16H23NO3/c1-2-7-16(15(19)20)8-4-9-17(12-16)11-13-5-3-6-14(18)10-13/h3,5-6,10,18H,2,4,7-9,11-12H2,1H3,(H,19,20)/t16-/m0/s1. The monoisotopic (exact) mass is 277 g/mol. The minimum atomic E-state index is -0.667. The van der Waals surface area contributed by atoms with E-state index in [0.717, 1.165) is 37.8 Å². The number of hydrogen-bond donors (Lipinski definition) is 2. The number of likely N-dealkylation sites (tertiary alicyclic amines) is 1. The van der Waals surface area contributed by atoms with Gasteiger partial charge in [-0.25, -0.2) is 0 Å². The van der Waals surface area contributed by atoms with Gasteiger partial charge in [-0.2, -0.15) is 0 Å². The van der Waals surface area contributed by atoms with Crippen molar-refractivity contribution in [3.63, 3.8) is 0 Å². The van der Waals surface area contributed by atoms with Crippen LogP contribution in [0.25, 0.3) is 0 Å². The molecule has 2 rings (SSSR count). The van der Waals surface area contributed by atoms with Crippen LogP contribution in [0.2, 0.25) is 0 Å². The van der Waals surface area contributed by atoms with Crippen molar-refractivity contribution in [1.29, 1.82) is 0 Å². The second-order valence-corrected chi connectivity index (χ2v) is 5.82. The molecule has 1 aromatic rings. The third-order valence-electron chi connectivity index (χ3n) is 4.15. The summed E-state index contributed by atoms with van der Waals surface area (Å²) in [6, 6.07) is 7.19. The lowest BCUT2D eigenvalue weighted by Gasteiger charge is -2.40. The van der Waals surface area contributed by atoms with Crippen LogP contribution < -0.4 is 0 Å². The first-order valence-electron chi connectivity index (χ1n) is 7.29. The lowest BCUT2D eigenvalue weighted by molar-refractivity contribution is -0.153. The average Bonchev–Trinajstić information content (AvgIpc) is 2.39. The molecule has 0 aliphatic carbocycles. The fourth-order valence-corrected chi connectivity index (χ4v) is 3.24. The van der Waals surface area contributed by atoms with Crippen LogP contribution in [0, 0.1) is 5.41 Å². The molecule has 1 aromatic carbocycles. The molecule has 1 saturated heterocycles. The molecule has 0 aromatic heterocycles. The van der Waals surface area contributed by atoms with E-state index in [1.54, 1.807) is 12.1 Å². The predicted molar refractivity (Wildman–Crippen MR) is 77.6 cm³/mol. The van der Waals surface area contributed by atoms with Crippen molar-refractivity contribution in [2.24, 2.45) is 5.41 Å². The topological polar surface area (TPSA) is 60.8 Å². The summed E-state index contributed by atoms with van der Waals surface area (Å²) in [6.07, 6.45) is 3.32. The Bertz CT molecular complexity index is 471. The normalized spacial score (nSPS) is 23.6. The molecule has 1 aliphatic heterocycles. The third-order valence-corrected chi connectivity index (χ3v) is 4.15. The van der Waals surface area contributed by atoms with Gasteiger partial charge in [0.25, 0.3) is 0 Å². The summed E-state index contributed by atoms with van der Waals surface area (Å²) in [5.74, 6) is -0.405. The number of nitrogens with zero attached hydrogens (tertiary/aromatic N) is 1. The second-order valence-electron chi connectivity index (χ2n) is 5.82. The summed E-state index contributed by atoms with van der Waals surface area (Å²) in [5.41, 5.74) is 0.437. The van der Waals surface area contributed by atoms with Crippen LogP contribution in [-0.2, 0) is 11.3 Å². The number of piperidine rings is 1. The molecule has 4 nitrogen and oxygen atoms in total. The molecule has 1 aliphatic rings. The van der Waals surface area contributed by atoms with E-state index in [0.29, 0.717) is 13.1 Å². The predicted octanol–water partition coefficient (Wildman–Crippen LogP) is 2.86. The maximum absolute atomic E-state index is 11.7. The lowest BCUT2D eigenvalue weighted by atomic mass is 9.76. The van der Waals surface area contributed by atoms with E-state index >= 15 is 0 Å². The van der Waals surface area contributed by atoms with Gasteiger partial charge in [0, 0.05) is 13.1 Å². The molecule has 0 spiro atoms. The molecule has 20 heavy (non-hydrogen) atoms. The number of hydrogen-bond acceptors (Lipinski definition) is 3. The van der Waals surface area contributed by atoms with E-state index in [4.69, 9.17) is 0 Å². The van der Waals surface area contributed by atoms with Crippen molar-refractivity contribution in [3.8, 4) is 5.75 Å². The van der Waals surface area contributed by atoms with Crippen molar-refractivity contribution < 1.29 is 15.0 Å². The van der Waals surface area contributed by atoms with Gasteiger partial charge in [-0.15, -0.1) is 0 Å². The Hall–Kier alpha value is -1.55. The smallest absolute Gasteiger partial charge is 0.310 e. The van der Waals surface area contributed by atoms with E-state index in [2.05, 4.69) is 4.90 Å². The van der Waals surface area contributed by atoms with Gasteiger partial charge in [-0.1, -0.05) is 25.5 Å². The Morgan fingerprint density at radius 3 is 2.90 bits per heavy atom. The van der Waals surface area contributed by atoms with E-state index < -0.39 is 11.4 Å². The molecule has 1 fully saturated rings. The first-order valence-corrected chi connectivity index (χ1v) is 7.29. The van der Waals surface area contributed by atoms with E-state index in [-0.39, 0.29) is 5.75 Å². The number of rotatable bonds is 5. The van der Waals surface area contributed by atoms with Crippen molar-refractivity contribution in [2.75, 3.05) is 13.1 Å². The van der Waals surface area contributed by atoms with Gasteiger partial charge in [0.05, 0.1) is 5.41 Å². The highest BCUT2D eigenvalue weighted by atomic mass is 16.4. The first-order chi connectivity index (χ1) is 9.55. The molecule has 0 saturated carbocycles. The van der Waals surface area contributed by atoms with Gasteiger partial charge in [-0.05, 0) is 43.5 Å². The van der Waals surface area contributed by atoms with Crippen molar-refractivity contribution in [1.82, 2.24) is 4.90 Å². The van der Waals surface area contributed by atoms with Gasteiger partial charge in [-0.3, -0.25) is 9.69 Å². The zero-order valence-corrected chi connectivity index (χ0v) is 12.0. The number of benzene rings is 1. The Morgan fingerprint density at radius 2 is 2.25 bits per heavy atom. The highest BCUT2D eigenvalue weighted by Gasteiger charge is 2.41. The van der Waals surface area contributed by atoms with Crippen LogP contribution in [-0.4, -0.2) is 34.2 Å². The molecular formula is C16H23NO3. The van der Waals surface area contributed by atoms with E-state index in [1.165, 1.54) is 0 Å². The molecule has 1 atom stereocenters. The number of carbonyl (C=O) groups is 1. The molecule has 2 N–H and O–H groups in total. The summed E-state index contributed by atoms with van der Waals surface area (Å²) in [7, 11) is 0. The summed E-state index contributed by atoms with van der Waals surface area (Å²) in [6.45, 7) is 4.27. The summed E-state index contributed by atoms with van der Waals surface area (Å²) in [5, 5.41) is 19.1. The van der Waals surface area contributed by atoms with Crippen molar-refractivity contribution in [3.05, 3.63) is 29.8 Å².